The van der Waals surface area contributed by atoms with Crippen molar-refractivity contribution in [3.05, 3.63) is 23.3 Å². The van der Waals surface area contributed by atoms with Crippen LogP contribution in [0.2, 0.25) is 0 Å². The first-order valence-corrected chi connectivity index (χ1v) is 8.09. The fraction of sp³-hybridized carbons (Fsp3) is 0.600. The van der Waals surface area contributed by atoms with Gasteiger partial charge in [0, 0.05) is 6.08 Å². The Morgan fingerprint density at radius 2 is 1.95 bits per heavy atom. The summed E-state index contributed by atoms with van der Waals surface area (Å²) < 4.78 is 0. The first-order valence-electron chi connectivity index (χ1n) is 6.69. The van der Waals surface area contributed by atoms with Gasteiger partial charge in [-0.25, -0.2) is 4.79 Å². The molecule has 0 saturated carbocycles. The summed E-state index contributed by atoms with van der Waals surface area (Å²) in [7, 11) is 0. The summed E-state index contributed by atoms with van der Waals surface area (Å²) in [5.74, 6) is -0.600. The first kappa shape index (κ1) is 18.8. The van der Waals surface area contributed by atoms with E-state index in [1.807, 2.05) is 27.0 Å². The van der Waals surface area contributed by atoms with Gasteiger partial charge in [0.2, 0.25) is 5.91 Å². The SMILES string of the molecule is CSCCC(NC(=O)C=C(C)CCC=C(C)C)C(=O)O. The molecule has 2 N–H and O–H groups in total. The Morgan fingerprint density at radius 3 is 2.45 bits per heavy atom. The van der Waals surface area contributed by atoms with Crippen LogP contribution in [-0.2, 0) is 9.59 Å². The monoisotopic (exact) mass is 299 g/mol. The second kappa shape index (κ2) is 10.5. The molecule has 0 radical (unpaired) electrons. The highest BCUT2D eigenvalue weighted by Crippen LogP contribution is 2.07. The summed E-state index contributed by atoms with van der Waals surface area (Å²) in [6.45, 7) is 5.96. The van der Waals surface area contributed by atoms with Crippen LogP contribution in [0.1, 0.15) is 40.0 Å². The van der Waals surface area contributed by atoms with Gasteiger partial charge in [0.15, 0.2) is 0 Å². The second-order valence-electron chi connectivity index (χ2n) is 4.99. The fourth-order valence-corrected chi connectivity index (χ4v) is 2.06. The number of thioether (sulfide) groups is 1. The van der Waals surface area contributed by atoms with Crippen molar-refractivity contribution in [2.45, 2.75) is 46.1 Å². The molecule has 0 spiro atoms. The molecule has 0 aliphatic rings. The molecule has 0 fully saturated rings. The summed E-state index contributed by atoms with van der Waals surface area (Å²) in [4.78, 5) is 22.8. The minimum absolute atomic E-state index is 0.326. The number of amides is 1. The maximum Gasteiger partial charge on any atom is 0.326 e. The van der Waals surface area contributed by atoms with Crippen LogP contribution in [0, 0.1) is 0 Å². The zero-order valence-electron chi connectivity index (χ0n) is 12.7. The standard InChI is InChI=1S/C15H25NO3S/c1-11(2)6-5-7-12(3)10-14(17)16-13(15(18)19)8-9-20-4/h6,10,13H,5,7-9H2,1-4H3,(H,16,17)(H,18,19). The molecule has 0 saturated heterocycles. The third kappa shape index (κ3) is 9.67. The Hall–Kier alpha value is -1.23. The highest BCUT2D eigenvalue weighted by Gasteiger charge is 2.18. The van der Waals surface area contributed by atoms with Crippen molar-refractivity contribution >= 4 is 23.6 Å². The number of nitrogens with one attached hydrogen (secondary N) is 1. The topological polar surface area (TPSA) is 66.4 Å². The van der Waals surface area contributed by atoms with E-state index in [1.54, 1.807) is 11.8 Å². The van der Waals surface area contributed by atoms with Crippen LogP contribution in [0.4, 0.5) is 0 Å². The van der Waals surface area contributed by atoms with Crippen molar-refractivity contribution in [3.63, 3.8) is 0 Å². The van der Waals surface area contributed by atoms with Crippen LogP contribution >= 0.6 is 11.8 Å². The quantitative estimate of drug-likeness (QED) is 0.507. The van der Waals surface area contributed by atoms with Gasteiger partial charge >= 0.3 is 5.97 Å². The van der Waals surface area contributed by atoms with Gasteiger partial charge in [0.1, 0.15) is 6.04 Å². The van der Waals surface area contributed by atoms with E-state index in [-0.39, 0.29) is 5.91 Å². The average molecular weight is 299 g/mol. The molecule has 0 aliphatic heterocycles. The fourth-order valence-electron chi connectivity index (χ4n) is 1.59. The largest absolute Gasteiger partial charge is 0.480 e. The van der Waals surface area contributed by atoms with Crippen LogP contribution in [0.15, 0.2) is 23.3 Å². The molecule has 0 bridgehead atoms. The zero-order chi connectivity index (χ0) is 15.5. The van der Waals surface area contributed by atoms with Gasteiger partial charge in [-0.05, 0) is 52.0 Å². The predicted octanol–water partition coefficient (Wildman–Crippen LogP) is 3.00. The summed E-state index contributed by atoms with van der Waals surface area (Å²) >= 11 is 1.57. The van der Waals surface area contributed by atoms with Gasteiger partial charge in [-0.15, -0.1) is 0 Å². The molecule has 0 aromatic rings. The lowest BCUT2D eigenvalue weighted by Crippen LogP contribution is -2.40. The number of hydrogen-bond donors (Lipinski definition) is 2. The average Bonchev–Trinajstić information content (AvgIpc) is 2.33. The van der Waals surface area contributed by atoms with Crippen molar-refractivity contribution in [1.29, 1.82) is 0 Å². The van der Waals surface area contributed by atoms with E-state index in [4.69, 9.17) is 5.11 Å². The number of carbonyl (C=O) groups is 2. The predicted molar refractivity (Wildman–Crippen MR) is 85.0 cm³/mol. The lowest BCUT2D eigenvalue weighted by atomic mass is 10.1. The molecule has 4 nitrogen and oxygen atoms in total. The van der Waals surface area contributed by atoms with Crippen molar-refractivity contribution in [1.82, 2.24) is 5.32 Å². The van der Waals surface area contributed by atoms with Gasteiger partial charge in [0.25, 0.3) is 0 Å². The summed E-state index contributed by atoms with van der Waals surface area (Å²) in [6, 6.07) is -0.809. The van der Waals surface area contributed by atoms with E-state index >= 15 is 0 Å². The zero-order valence-corrected chi connectivity index (χ0v) is 13.5. The second-order valence-corrected chi connectivity index (χ2v) is 5.98. The van der Waals surface area contributed by atoms with Crippen LogP contribution in [0.3, 0.4) is 0 Å². The van der Waals surface area contributed by atoms with Gasteiger partial charge in [-0.1, -0.05) is 17.2 Å². The number of carbonyl (C=O) groups excluding carboxylic acids is 1. The molecule has 0 aromatic carbocycles. The number of carboxylic acid groups (broad SMARTS) is 1. The molecule has 0 aromatic heterocycles. The van der Waals surface area contributed by atoms with E-state index in [1.165, 1.54) is 11.6 Å². The molecule has 114 valence electrons. The Morgan fingerprint density at radius 1 is 1.30 bits per heavy atom. The lowest BCUT2D eigenvalue weighted by molar-refractivity contribution is -0.141. The molecule has 0 rings (SSSR count). The van der Waals surface area contributed by atoms with Crippen LogP contribution in [-0.4, -0.2) is 35.0 Å². The van der Waals surface area contributed by atoms with Gasteiger partial charge in [-0.2, -0.15) is 11.8 Å². The Kier molecular flexibility index (Phi) is 9.90. The molecule has 0 aliphatic carbocycles. The molecule has 1 amide bonds. The molecule has 20 heavy (non-hydrogen) atoms. The number of hydrogen-bond acceptors (Lipinski definition) is 3. The number of rotatable bonds is 9. The number of allylic oxidation sites excluding steroid dienone is 3. The number of carboxylic acids is 1. The molecule has 0 heterocycles. The van der Waals surface area contributed by atoms with E-state index in [9.17, 15) is 9.59 Å². The van der Waals surface area contributed by atoms with Gasteiger partial charge < -0.3 is 10.4 Å². The van der Waals surface area contributed by atoms with E-state index < -0.39 is 12.0 Å². The third-order valence-corrected chi connectivity index (χ3v) is 3.34. The van der Waals surface area contributed by atoms with Crippen LogP contribution < -0.4 is 5.32 Å². The van der Waals surface area contributed by atoms with Crippen LogP contribution in [0.5, 0.6) is 0 Å². The molecule has 1 unspecified atom stereocenters. The van der Waals surface area contributed by atoms with Crippen molar-refractivity contribution < 1.29 is 14.7 Å². The Labute approximate surface area is 125 Å². The summed E-state index contributed by atoms with van der Waals surface area (Å²) in [5, 5.41) is 11.6. The maximum absolute atomic E-state index is 11.8. The van der Waals surface area contributed by atoms with Crippen molar-refractivity contribution in [3.8, 4) is 0 Å². The molecular formula is C15H25NO3S. The van der Waals surface area contributed by atoms with Crippen LogP contribution in [0.25, 0.3) is 0 Å². The molecule has 1 atom stereocenters. The highest BCUT2D eigenvalue weighted by molar-refractivity contribution is 7.98. The van der Waals surface area contributed by atoms with Crippen molar-refractivity contribution in [2.75, 3.05) is 12.0 Å². The third-order valence-electron chi connectivity index (χ3n) is 2.69. The Balaban J connectivity index is 4.35. The number of aliphatic carboxylic acids is 1. The summed E-state index contributed by atoms with van der Waals surface area (Å²) in [6.07, 6.45) is 7.66. The van der Waals surface area contributed by atoms with E-state index in [0.717, 1.165) is 18.4 Å². The lowest BCUT2D eigenvalue weighted by Gasteiger charge is -2.12. The van der Waals surface area contributed by atoms with E-state index in [2.05, 4.69) is 11.4 Å². The van der Waals surface area contributed by atoms with Crippen molar-refractivity contribution in [2.24, 2.45) is 0 Å². The Bertz CT molecular complexity index is 385. The highest BCUT2D eigenvalue weighted by atomic mass is 32.2. The molecule has 5 heteroatoms. The van der Waals surface area contributed by atoms with E-state index in [0.29, 0.717) is 12.2 Å². The normalized spacial score (nSPS) is 12.7. The first-order chi connectivity index (χ1) is 9.36. The molecular weight excluding hydrogens is 274 g/mol. The minimum Gasteiger partial charge on any atom is -0.480 e. The smallest absolute Gasteiger partial charge is 0.326 e. The maximum atomic E-state index is 11.8. The minimum atomic E-state index is -0.983. The summed E-state index contributed by atoms with van der Waals surface area (Å²) in [5.41, 5.74) is 2.21. The van der Waals surface area contributed by atoms with Gasteiger partial charge in [0.05, 0.1) is 0 Å². The van der Waals surface area contributed by atoms with Gasteiger partial charge in [-0.3, -0.25) is 4.79 Å².